The van der Waals surface area contributed by atoms with Gasteiger partial charge in [-0.2, -0.15) is 0 Å². The number of benzene rings is 1. The van der Waals surface area contributed by atoms with Crippen LogP contribution in [0.4, 0.5) is 0 Å². The van der Waals surface area contributed by atoms with Crippen molar-refractivity contribution in [3.8, 4) is 5.75 Å². The average Bonchev–Trinajstić information content (AvgIpc) is 2.54. The minimum Gasteiger partial charge on any atom is -0.494 e. The molecule has 0 radical (unpaired) electrons. The SMILES string of the molecule is CCOc1ccc(CCC(=O)N2CCC(CC(=O)O)CC2)cc1. The maximum Gasteiger partial charge on any atom is 0.303 e. The first-order valence-electron chi connectivity index (χ1n) is 8.29. The maximum absolute atomic E-state index is 12.3. The molecule has 2 rings (SSSR count). The molecular formula is C18H25NO4. The zero-order valence-corrected chi connectivity index (χ0v) is 13.7. The number of hydrogen-bond acceptors (Lipinski definition) is 3. The van der Waals surface area contributed by atoms with Gasteiger partial charge in [0, 0.05) is 25.9 Å². The summed E-state index contributed by atoms with van der Waals surface area (Å²) < 4.78 is 5.40. The summed E-state index contributed by atoms with van der Waals surface area (Å²) >= 11 is 0. The van der Waals surface area contributed by atoms with Crippen molar-refractivity contribution in [1.82, 2.24) is 4.90 Å². The van der Waals surface area contributed by atoms with Crippen molar-refractivity contribution in [2.24, 2.45) is 5.92 Å². The Kier molecular flexibility index (Phi) is 6.44. The number of likely N-dealkylation sites (tertiary alicyclic amines) is 1. The second kappa shape index (κ2) is 8.56. The average molecular weight is 319 g/mol. The summed E-state index contributed by atoms with van der Waals surface area (Å²) in [6.45, 7) is 3.96. The van der Waals surface area contributed by atoms with Crippen LogP contribution in [0.15, 0.2) is 24.3 Å². The molecule has 0 saturated carbocycles. The lowest BCUT2D eigenvalue weighted by Gasteiger charge is -2.31. The number of carboxylic acid groups (broad SMARTS) is 1. The molecule has 0 bridgehead atoms. The van der Waals surface area contributed by atoms with Crippen LogP contribution < -0.4 is 4.74 Å². The van der Waals surface area contributed by atoms with E-state index in [2.05, 4.69) is 0 Å². The molecule has 1 N–H and O–H groups in total. The predicted octanol–water partition coefficient (Wildman–Crippen LogP) is 2.73. The van der Waals surface area contributed by atoms with Crippen molar-refractivity contribution >= 4 is 11.9 Å². The molecule has 5 heteroatoms. The van der Waals surface area contributed by atoms with Gasteiger partial charge < -0.3 is 14.7 Å². The molecule has 126 valence electrons. The summed E-state index contributed by atoms with van der Waals surface area (Å²) in [4.78, 5) is 24.8. The molecule has 1 amide bonds. The molecule has 1 fully saturated rings. The summed E-state index contributed by atoms with van der Waals surface area (Å²) in [5.41, 5.74) is 1.13. The Labute approximate surface area is 137 Å². The fourth-order valence-corrected chi connectivity index (χ4v) is 2.96. The predicted molar refractivity (Wildman–Crippen MR) is 87.5 cm³/mol. The van der Waals surface area contributed by atoms with E-state index in [4.69, 9.17) is 9.84 Å². The van der Waals surface area contributed by atoms with Gasteiger partial charge in [-0.3, -0.25) is 9.59 Å². The van der Waals surface area contributed by atoms with Crippen molar-refractivity contribution in [3.05, 3.63) is 29.8 Å². The Morgan fingerprint density at radius 1 is 1.22 bits per heavy atom. The Bertz CT molecular complexity index is 518. The number of carbonyl (C=O) groups excluding carboxylic acids is 1. The van der Waals surface area contributed by atoms with E-state index in [9.17, 15) is 9.59 Å². The minimum absolute atomic E-state index is 0.160. The number of aryl methyl sites for hydroxylation is 1. The molecule has 0 aliphatic carbocycles. The molecule has 0 unspecified atom stereocenters. The van der Waals surface area contributed by atoms with Crippen LogP contribution in [0.3, 0.4) is 0 Å². The van der Waals surface area contributed by atoms with Gasteiger partial charge in [0.25, 0.3) is 0 Å². The van der Waals surface area contributed by atoms with E-state index in [1.54, 1.807) is 0 Å². The van der Waals surface area contributed by atoms with Crippen molar-refractivity contribution in [3.63, 3.8) is 0 Å². The Morgan fingerprint density at radius 3 is 2.43 bits per heavy atom. The highest BCUT2D eigenvalue weighted by atomic mass is 16.5. The summed E-state index contributed by atoms with van der Waals surface area (Å²) in [6.07, 6.45) is 3.02. The molecule has 0 aromatic heterocycles. The van der Waals surface area contributed by atoms with E-state index in [1.165, 1.54) is 0 Å². The second-order valence-corrected chi connectivity index (χ2v) is 6.00. The van der Waals surface area contributed by atoms with Crippen molar-refractivity contribution in [2.45, 2.75) is 39.0 Å². The molecule has 1 aromatic carbocycles. The third-order valence-corrected chi connectivity index (χ3v) is 4.29. The van der Waals surface area contributed by atoms with Gasteiger partial charge in [-0.25, -0.2) is 0 Å². The van der Waals surface area contributed by atoms with E-state index in [1.807, 2.05) is 36.1 Å². The van der Waals surface area contributed by atoms with Crippen LogP contribution in [-0.2, 0) is 16.0 Å². The van der Waals surface area contributed by atoms with Crippen molar-refractivity contribution in [2.75, 3.05) is 19.7 Å². The fraction of sp³-hybridized carbons (Fsp3) is 0.556. The molecule has 23 heavy (non-hydrogen) atoms. The standard InChI is InChI=1S/C18H25NO4/c1-2-23-16-6-3-14(4-7-16)5-8-17(20)19-11-9-15(10-12-19)13-18(21)22/h3-4,6-7,15H,2,5,8-13H2,1H3,(H,21,22). The van der Waals surface area contributed by atoms with Crippen LogP contribution in [0.25, 0.3) is 0 Å². The molecule has 1 heterocycles. The highest BCUT2D eigenvalue weighted by molar-refractivity contribution is 5.76. The molecule has 0 atom stereocenters. The number of ether oxygens (including phenoxy) is 1. The van der Waals surface area contributed by atoms with Crippen molar-refractivity contribution in [1.29, 1.82) is 0 Å². The lowest BCUT2D eigenvalue weighted by atomic mass is 9.93. The topological polar surface area (TPSA) is 66.8 Å². The van der Waals surface area contributed by atoms with Gasteiger partial charge in [0.15, 0.2) is 0 Å². The van der Waals surface area contributed by atoms with Gasteiger partial charge in [-0.05, 0) is 49.8 Å². The summed E-state index contributed by atoms with van der Waals surface area (Å²) in [5.74, 6) is 0.476. The van der Waals surface area contributed by atoms with Gasteiger partial charge >= 0.3 is 5.97 Å². The van der Waals surface area contributed by atoms with E-state index in [-0.39, 0.29) is 18.2 Å². The molecule has 1 aromatic rings. The third-order valence-electron chi connectivity index (χ3n) is 4.29. The first-order valence-corrected chi connectivity index (χ1v) is 8.29. The summed E-state index contributed by atoms with van der Waals surface area (Å²) in [5, 5.41) is 8.81. The number of rotatable bonds is 7. The number of carbonyl (C=O) groups is 2. The van der Waals surface area contributed by atoms with E-state index in [0.717, 1.165) is 30.6 Å². The number of nitrogens with zero attached hydrogens (tertiary/aromatic N) is 1. The number of piperidine rings is 1. The Morgan fingerprint density at radius 2 is 1.87 bits per heavy atom. The number of aliphatic carboxylic acids is 1. The fourth-order valence-electron chi connectivity index (χ4n) is 2.96. The van der Waals surface area contributed by atoms with Gasteiger partial charge in [0.2, 0.25) is 5.91 Å². The smallest absolute Gasteiger partial charge is 0.303 e. The largest absolute Gasteiger partial charge is 0.494 e. The van der Waals surface area contributed by atoms with Crippen LogP contribution in [-0.4, -0.2) is 41.6 Å². The molecule has 1 saturated heterocycles. The number of carboxylic acids is 1. The molecule has 1 aliphatic heterocycles. The van der Waals surface area contributed by atoms with Gasteiger partial charge in [0.1, 0.15) is 5.75 Å². The normalized spacial score (nSPS) is 15.4. The molecule has 5 nitrogen and oxygen atoms in total. The van der Waals surface area contributed by atoms with Crippen LogP contribution in [0.1, 0.15) is 38.2 Å². The molecular weight excluding hydrogens is 294 g/mol. The third kappa shape index (κ3) is 5.58. The van der Waals surface area contributed by atoms with Gasteiger partial charge in [-0.15, -0.1) is 0 Å². The van der Waals surface area contributed by atoms with Crippen LogP contribution >= 0.6 is 0 Å². The highest BCUT2D eigenvalue weighted by Gasteiger charge is 2.23. The first kappa shape index (κ1) is 17.3. The zero-order valence-electron chi connectivity index (χ0n) is 13.7. The number of hydrogen-bond donors (Lipinski definition) is 1. The molecule has 1 aliphatic rings. The Balaban J connectivity index is 1.74. The molecule has 0 spiro atoms. The van der Waals surface area contributed by atoms with Crippen molar-refractivity contribution < 1.29 is 19.4 Å². The highest BCUT2D eigenvalue weighted by Crippen LogP contribution is 2.21. The van der Waals surface area contributed by atoms with Crippen LogP contribution in [0.5, 0.6) is 5.75 Å². The van der Waals surface area contributed by atoms with Crippen LogP contribution in [0.2, 0.25) is 0 Å². The van der Waals surface area contributed by atoms with Gasteiger partial charge in [-0.1, -0.05) is 12.1 Å². The summed E-state index contributed by atoms with van der Waals surface area (Å²) in [6, 6.07) is 7.86. The zero-order chi connectivity index (χ0) is 16.7. The minimum atomic E-state index is -0.745. The van der Waals surface area contributed by atoms with E-state index in [0.29, 0.717) is 26.1 Å². The van der Waals surface area contributed by atoms with E-state index >= 15 is 0 Å². The monoisotopic (exact) mass is 319 g/mol. The summed E-state index contributed by atoms with van der Waals surface area (Å²) in [7, 11) is 0. The second-order valence-electron chi connectivity index (χ2n) is 6.00. The lowest BCUT2D eigenvalue weighted by Crippen LogP contribution is -2.39. The first-order chi connectivity index (χ1) is 11.1. The maximum atomic E-state index is 12.3. The van der Waals surface area contributed by atoms with Crippen LogP contribution in [0, 0.1) is 5.92 Å². The number of amides is 1. The lowest BCUT2D eigenvalue weighted by molar-refractivity contribution is -0.138. The Hall–Kier alpha value is -2.04. The van der Waals surface area contributed by atoms with Gasteiger partial charge in [0.05, 0.1) is 6.61 Å². The quantitative estimate of drug-likeness (QED) is 0.839. The van der Waals surface area contributed by atoms with E-state index < -0.39 is 5.97 Å².